The standard InChI is InChI=1S/C21H16Cl2N2OS/c1-14-6-5-11-25(13-14)19(21(27)24-16-7-3-2-4-8-16)20(26)15-9-10-17(22)18(23)12-15/h2-13H,1H3,(H-,24,26,27)/p+1. The van der Waals surface area contributed by atoms with Crippen LogP contribution < -0.4 is 9.88 Å². The van der Waals surface area contributed by atoms with E-state index in [9.17, 15) is 5.11 Å². The Balaban J connectivity index is 2.11. The van der Waals surface area contributed by atoms with Crippen LogP contribution in [0.4, 0.5) is 5.69 Å². The fourth-order valence-electron chi connectivity index (χ4n) is 2.57. The predicted octanol–water partition coefficient (Wildman–Crippen LogP) is 5.91. The number of halogens is 2. The Kier molecular flexibility index (Phi) is 6.11. The average molecular weight is 416 g/mol. The minimum atomic E-state index is -0.00222. The summed E-state index contributed by atoms with van der Waals surface area (Å²) >= 11 is 17.7. The van der Waals surface area contributed by atoms with Crippen LogP contribution in [0.3, 0.4) is 0 Å². The highest BCUT2D eigenvalue weighted by atomic mass is 35.5. The van der Waals surface area contributed by atoms with Crippen LogP contribution in [0.2, 0.25) is 10.0 Å². The highest BCUT2D eigenvalue weighted by molar-refractivity contribution is 7.81. The molecule has 0 saturated heterocycles. The molecule has 0 saturated carbocycles. The Bertz CT molecular complexity index is 1020. The molecule has 3 aromatic rings. The first-order valence-electron chi connectivity index (χ1n) is 8.19. The van der Waals surface area contributed by atoms with E-state index in [0.29, 0.717) is 26.3 Å². The molecule has 0 radical (unpaired) electrons. The maximum Gasteiger partial charge on any atom is 0.288 e. The highest BCUT2D eigenvalue weighted by Crippen LogP contribution is 2.27. The van der Waals surface area contributed by atoms with Crippen molar-refractivity contribution < 1.29 is 9.67 Å². The lowest BCUT2D eigenvalue weighted by atomic mass is 10.1. The summed E-state index contributed by atoms with van der Waals surface area (Å²) in [6.07, 6.45) is 3.72. The molecular formula is C21H17Cl2N2OS+. The summed E-state index contributed by atoms with van der Waals surface area (Å²) in [4.78, 5) is 0.375. The number of rotatable bonds is 4. The van der Waals surface area contributed by atoms with Crippen molar-refractivity contribution in [3.8, 4) is 0 Å². The summed E-state index contributed by atoms with van der Waals surface area (Å²) in [5.74, 6) is -0.00222. The highest BCUT2D eigenvalue weighted by Gasteiger charge is 2.24. The number of aliphatic hydroxyl groups excluding tert-OH is 1. The van der Waals surface area contributed by atoms with Gasteiger partial charge >= 0.3 is 0 Å². The third-order valence-corrected chi connectivity index (χ3v) is 4.91. The second-order valence-electron chi connectivity index (χ2n) is 5.93. The predicted molar refractivity (Wildman–Crippen MR) is 116 cm³/mol. The van der Waals surface area contributed by atoms with Crippen molar-refractivity contribution >= 4 is 57.6 Å². The first-order valence-corrected chi connectivity index (χ1v) is 9.35. The zero-order valence-electron chi connectivity index (χ0n) is 14.5. The van der Waals surface area contributed by atoms with Crippen molar-refractivity contribution in [2.24, 2.45) is 0 Å². The number of nitrogens with one attached hydrogen (secondary N) is 1. The zero-order valence-corrected chi connectivity index (χ0v) is 16.8. The van der Waals surface area contributed by atoms with Crippen molar-refractivity contribution in [2.45, 2.75) is 6.92 Å². The number of aliphatic hydroxyl groups is 1. The van der Waals surface area contributed by atoms with Gasteiger partial charge in [-0.3, -0.25) is 0 Å². The molecule has 1 heterocycles. The van der Waals surface area contributed by atoms with Gasteiger partial charge in [-0.2, -0.15) is 4.57 Å². The monoisotopic (exact) mass is 415 g/mol. The van der Waals surface area contributed by atoms with Crippen LogP contribution in [0, 0.1) is 6.92 Å². The number of benzene rings is 2. The number of para-hydroxylation sites is 1. The smallest absolute Gasteiger partial charge is 0.288 e. The molecule has 0 spiro atoms. The zero-order chi connectivity index (χ0) is 19.4. The van der Waals surface area contributed by atoms with Gasteiger partial charge in [0.15, 0.2) is 23.1 Å². The van der Waals surface area contributed by atoms with Crippen molar-refractivity contribution in [1.82, 2.24) is 0 Å². The molecule has 0 aliphatic heterocycles. The van der Waals surface area contributed by atoms with Crippen molar-refractivity contribution in [1.29, 1.82) is 0 Å². The minimum absolute atomic E-state index is 0.00222. The lowest BCUT2D eigenvalue weighted by molar-refractivity contribution is -0.576. The van der Waals surface area contributed by atoms with E-state index in [4.69, 9.17) is 35.4 Å². The number of thiocarbonyl (C=S) groups is 1. The lowest BCUT2D eigenvalue weighted by Gasteiger charge is -2.11. The molecule has 1 aromatic heterocycles. The van der Waals surface area contributed by atoms with Gasteiger partial charge in [-0.1, -0.05) is 53.6 Å². The molecule has 3 nitrogen and oxygen atoms in total. The van der Waals surface area contributed by atoms with Gasteiger partial charge in [0.05, 0.1) is 10.0 Å². The van der Waals surface area contributed by atoms with E-state index in [-0.39, 0.29) is 5.76 Å². The summed E-state index contributed by atoms with van der Waals surface area (Å²) in [5.41, 5.74) is 2.82. The van der Waals surface area contributed by atoms with Gasteiger partial charge in [-0.15, -0.1) is 0 Å². The number of nitrogens with zero attached hydrogens (tertiary/aromatic N) is 1. The van der Waals surface area contributed by atoms with E-state index in [2.05, 4.69) is 5.32 Å². The van der Waals surface area contributed by atoms with E-state index < -0.39 is 0 Å². The molecule has 27 heavy (non-hydrogen) atoms. The number of hydrogen-bond donors (Lipinski definition) is 2. The molecule has 3 rings (SSSR count). The molecule has 0 bridgehead atoms. The molecule has 2 aromatic carbocycles. The van der Waals surface area contributed by atoms with E-state index in [1.165, 1.54) is 0 Å². The molecule has 2 N–H and O–H groups in total. The fourth-order valence-corrected chi connectivity index (χ4v) is 3.19. The average Bonchev–Trinajstić information content (AvgIpc) is 2.65. The third kappa shape index (κ3) is 4.66. The second-order valence-corrected chi connectivity index (χ2v) is 7.16. The summed E-state index contributed by atoms with van der Waals surface area (Å²) in [6.45, 7) is 1.97. The number of aryl methyl sites for hydroxylation is 1. The van der Waals surface area contributed by atoms with E-state index in [1.54, 1.807) is 22.8 Å². The Labute approximate surface area is 173 Å². The van der Waals surface area contributed by atoms with Gasteiger partial charge < -0.3 is 10.4 Å². The van der Waals surface area contributed by atoms with E-state index >= 15 is 0 Å². The lowest BCUT2D eigenvalue weighted by Crippen LogP contribution is -2.38. The quantitative estimate of drug-likeness (QED) is 0.240. The summed E-state index contributed by atoms with van der Waals surface area (Å²) in [5, 5.41) is 15.0. The van der Waals surface area contributed by atoms with Crippen molar-refractivity contribution in [3.63, 3.8) is 0 Å². The molecule has 136 valence electrons. The van der Waals surface area contributed by atoms with E-state index in [0.717, 1.165) is 11.3 Å². The van der Waals surface area contributed by atoms with Gasteiger partial charge in [-0.25, -0.2) is 0 Å². The fraction of sp³-hybridized carbons (Fsp3) is 0.0476. The largest absolute Gasteiger partial charge is 0.502 e. The summed E-state index contributed by atoms with van der Waals surface area (Å²) in [6, 6.07) is 18.4. The van der Waals surface area contributed by atoms with Crippen molar-refractivity contribution in [2.75, 3.05) is 5.32 Å². The van der Waals surface area contributed by atoms with Crippen LogP contribution in [0.25, 0.3) is 11.5 Å². The van der Waals surface area contributed by atoms with Gasteiger partial charge in [0, 0.05) is 22.9 Å². The van der Waals surface area contributed by atoms with E-state index in [1.807, 2.05) is 61.8 Å². The van der Waals surface area contributed by atoms with Crippen LogP contribution in [0.15, 0.2) is 73.1 Å². The molecule has 0 aliphatic carbocycles. The Hall–Kier alpha value is -2.40. The molecule has 0 aliphatic rings. The molecule has 6 heteroatoms. The summed E-state index contributed by atoms with van der Waals surface area (Å²) in [7, 11) is 0. The molecule has 0 amide bonds. The van der Waals surface area contributed by atoms with Gasteiger partial charge in [0.25, 0.3) is 5.70 Å². The van der Waals surface area contributed by atoms with Gasteiger partial charge in [-0.05, 0) is 43.3 Å². The van der Waals surface area contributed by atoms with Crippen LogP contribution in [-0.4, -0.2) is 10.1 Å². The van der Waals surface area contributed by atoms with Crippen LogP contribution in [0.5, 0.6) is 0 Å². The molecule has 0 atom stereocenters. The number of anilines is 1. The number of aromatic nitrogens is 1. The van der Waals surface area contributed by atoms with Crippen LogP contribution >= 0.6 is 35.4 Å². The SMILES string of the molecule is Cc1ccc[n+](/C(C(=S)Nc2ccccc2)=C(\O)c2ccc(Cl)c(Cl)c2)c1. The van der Waals surface area contributed by atoms with Crippen LogP contribution in [-0.2, 0) is 0 Å². The normalized spacial score (nSPS) is 11.7. The van der Waals surface area contributed by atoms with Gasteiger partial charge in [0.2, 0.25) is 0 Å². The minimum Gasteiger partial charge on any atom is -0.502 e. The maximum absolute atomic E-state index is 11.0. The maximum atomic E-state index is 11.0. The Morgan fingerprint density at radius 1 is 1.00 bits per heavy atom. The molecule has 0 fully saturated rings. The Morgan fingerprint density at radius 2 is 1.74 bits per heavy atom. The first-order chi connectivity index (χ1) is 13.0. The van der Waals surface area contributed by atoms with Crippen LogP contribution in [0.1, 0.15) is 11.1 Å². The Morgan fingerprint density at radius 3 is 2.41 bits per heavy atom. The summed E-state index contributed by atoms with van der Waals surface area (Å²) < 4.78 is 1.78. The third-order valence-electron chi connectivity index (χ3n) is 3.87. The topological polar surface area (TPSA) is 36.1 Å². The number of hydrogen-bond acceptors (Lipinski definition) is 2. The van der Waals surface area contributed by atoms with Crippen molar-refractivity contribution in [3.05, 3.63) is 94.2 Å². The van der Waals surface area contributed by atoms with Gasteiger partial charge in [0.1, 0.15) is 0 Å². The molecular weight excluding hydrogens is 399 g/mol. The number of pyridine rings is 1. The first kappa shape index (κ1) is 19.4. The molecule has 0 unspecified atom stereocenters. The second kappa shape index (κ2) is 8.53.